The Hall–Kier alpha value is -0.930. The van der Waals surface area contributed by atoms with E-state index in [1.54, 1.807) is 12.1 Å². The second-order valence-corrected chi connectivity index (χ2v) is 4.02. The van der Waals surface area contributed by atoms with Crippen molar-refractivity contribution in [1.82, 2.24) is 0 Å². The first-order valence-electron chi connectivity index (χ1n) is 5.91. The lowest BCUT2D eigenvalue weighted by Gasteiger charge is -2.16. The molecule has 17 heavy (non-hydrogen) atoms. The summed E-state index contributed by atoms with van der Waals surface area (Å²) in [5.74, 6) is 1.24. The monoisotopic (exact) mass is 258 g/mol. The van der Waals surface area contributed by atoms with Crippen LogP contribution in [0.2, 0.25) is 5.02 Å². The molecule has 1 aromatic rings. The maximum atomic E-state index is 9.84. The molecule has 0 aliphatic heterocycles. The molecule has 0 unspecified atom stereocenters. The molecule has 3 nitrogen and oxygen atoms in total. The van der Waals surface area contributed by atoms with Gasteiger partial charge in [0.2, 0.25) is 0 Å². The van der Waals surface area contributed by atoms with Crippen LogP contribution >= 0.6 is 11.6 Å². The van der Waals surface area contributed by atoms with Gasteiger partial charge < -0.3 is 14.6 Å². The van der Waals surface area contributed by atoms with Crippen LogP contribution in [-0.4, -0.2) is 18.3 Å². The third-order valence-corrected chi connectivity index (χ3v) is 2.74. The third kappa shape index (κ3) is 3.51. The predicted octanol–water partition coefficient (Wildman–Crippen LogP) is 3.58. The van der Waals surface area contributed by atoms with Crippen molar-refractivity contribution in [2.24, 2.45) is 0 Å². The largest absolute Gasteiger partial charge is 0.490 e. The second kappa shape index (κ2) is 6.72. The summed E-state index contributed by atoms with van der Waals surface area (Å²) >= 11 is 6.12. The number of hydrogen-bond donors (Lipinski definition) is 1. The fraction of sp³-hybridized carbons (Fsp3) is 0.538. The van der Waals surface area contributed by atoms with Crippen molar-refractivity contribution in [2.45, 2.75) is 33.3 Å². The van der Waals surface area contributed by atoms with Gasteiger partial charge >= 0.3 is 0 Å². The van der Waals surface area contributed by atoms with Gasteiger partial charge in [0.25, 0.3) is 0 Å². The number of ether oxygens (including phenoxy) is 2. The summed E-state index contributed by atoms with van der Waals surface area (Å²) in [6.45, 7) is 6.80. The van der Waals surface area contributed by atoms with Gasteiger partial charge in [0, 0.05) is 11.6 Å². The smallest absolute Gasteiger partial charge is 0.162 e. The molecule has 0 bridgehead atoms. The molecule has 0 saturated heterocycles. The van der Waals surface area contributed by atoms with Crippen LogP contribution in [0, 0.1) is 0 Å². The number of halogens is 1. The van der Waals surface area contributed by atoms with Crippen LogP contribution in [0.1, 0.15) is 38.9 Å². The van der Waals surface area contributed by atoms with Gasteiger partial charge in [-0.25, -0.2) is 0 Å². The van der Waals surface area contributed by atoms with Crippen molar-refractivity contribution in [3.8, 4) is 11.5 Å². The van der Waals surface area contributed by atoms with Gasteiger partial charge in [-0.1, -0.05) is 18.5 Å². The summed E-state index contributed by atoms with van der Waals surface area (Å²) in [5.41, 5.74) is 0.682. The minimum atomic E-state index is -0.572. The van der Waals surface area contributed by atoms with Crippen LogP contribution in [0.25, 0.3) is 0 Å². The van der Waals surface area contributed by atoms with Crippen LogP contribution in [0.4, 0.5) is 0 Å². The molecule has 0 fully saturated rings. The van der Waals surface area contributed by atoms with Crippen molar-refractivity contribution in [3.63, 3.8) is 0 Å². The van der Waals surface area contributed by atoms with Crippen LogP contribution in [0.15, 0.2) is 12.1 Å². The number of rotatable bonds is 6. The molecule has 0 heterocycles. The number of benzene rings is 1. The molecule has 0 aliphatic rings. The van der Waals surface area contributed by atoms with Gasteiger partial charge in [-0.3, -0.25) is 0 Å². The maximum Gasteiger partial charge on any atom is 0.162 e. The maximum absolute atomic E-state index is 9.84. The zero-order valence-electron chi connectivity index (χ0n) is 10.5. The molecular weight excluding hydrogens is 240 g/mol. The van der Waals surface area contributed by atoms with E-state index in [2.05, 4.69) is 0 Å². The topological polar surface area (TPSA) is 38.7 Å². The van der Waals surface area contributed by atoms with Gasteiger partial charge in [0.1, 0.15) is 0 Å². The summed E-state index contributed by atoms with van der Waals surface area (Å²) in [6.07, 6.45) is 0.0385. The van der Waals surface area contributed by atoms with E-state index >= 15 is 0 Å². The van der Waals surface area contributed by atoms with Crippen molar-refractivity contribution in [2.75, 3.05) is 13.2 Å². The SMILES string of the molecule is CCOc1cc(Cl)c([C@@H](O)CC)cc1OCC. The van der Waals surface area contributed by atoms with Crippen molar-refractivity contribution in [1.29, 1.82) is 0 Å². The Morgan fingerprint density at radius 2 is 1.65 bits per heavy atom. The van der Waals surface area contributed by atoms with Crippen molar-refractivity contribution in [3.05, 3.63) is 22.7 Å². The predicted molar refractivity (Wildman–Crippen MR) is 69.0 cm³/mol. The quantitative estimate of drug-likeness (QED) is 0.848. The molecule has 1 N–H and O–H groups in total. The molecule has 4 heteroatoms. The van der Waals surface area contributed by atoms with E-state index in [1.807, 2.05) is 20.8 Å². The molecular formula is C13H19ClO3. The average molecular weight is 259 g/mol. The second-order valence-electron chi connectivity index (χ2n) is 3.61. The first-order valence-corrected chi connectivity index (χ1v) is 6.28. The Morgan fingerprint density at radius 3 is 2.12 bits per heavy atom. The van der Waals surface area contributed by atoms with Crippen molar-refractivity contribution >= 4 is 11.6 Å². The third-order valence-electron chi connectivity index (χ3n) is 2.41. The summed E-state index contributed by atoms with van der Waals surface area (Å²) in [7, 11) is 0. The number of aliphatic hydroxyl groups excluding tert-OH is 1. The lowest BCUT2D eigenvalue weighted by atomic mass is 10.1. The van der Waals surface area contributed by atoms with E-state index < -0.39 is 6.10 Å². The summed E-state index contributed by atoms with van der Waals surface area (Å²) in [5, 5.41) is 10.3. The van der Waals surface area contributed by atoms with E-state index in [9.17, 15) is 5.11 Å². The Bertz CT molecular complexity index is 366. The highest BCUT2D eigenvalue weighted by Crippen LogP contribution is 2.36. The molecule has 96 valence electrons. The first kappa shape index (κ1) is 14.1. The Morgan fingerprint density at radius 1 is 1.12 bits per heavy atom. The summed E-state index contributed by atoms with van der Waals surface area (Å²) in [6, 6.07) is 3.45. The van der Waals surface area contributed by atoms with E-state index in [0.29, 0.717) is 41.7 Å². The van der Waals surface area contributed by atoms with Gasteiger partial charge in [-0.15, -0.1) is 0 Å². The van der Waals surface area contributed by atoms with E-state index in [4.69, 9.17) is 21.1 Å². The summed E-state index contributed by atoms with van der Waals surface area (Å²) < 4.78 is 10.9. The van der Waals surface area contributed by atoms with Crippen LogP contribution in [0.3, 0.4) is 0 Å². The molecule has 0 radical (unpaired) electrons. The van der Waals surface area contributed by atoms with Crippen molar-refractivity contribution < 1.29 is 14.6 Å². The molecule has 0 amide bonds. The zero-order chi connectivity index (χ0) is 12.8. The highest BCUT2D eigenvalue weighted by Gasteiger charge is 2.15. The molecule has 1 atom stereocenters. The van der Waals surface area contributed by atoms with Crippen LogP contribution < -0.4 is 9.47 Å². The first-order chi connectivity index (χ1) is 8.13. The fourth-order valence-electron chi connectivity index (χ4n) is 1.56. The molecule has 1 aromatic carbocycles. The van der Waals surface area contributed by atoms with Gasteiger partial charge in [-0.2, -0.15) is 0 Å². The van der Waals surface area contributed by atoms with Crippen LogP contribution in [0.5, 0.6) is 11.5 Å². The van der Waals surface area contributed by atoms with Gasteiger partial charge in [0.15, 0.2) is 11.5 Å². The average Bonchev–Trinajstić information content (AvgIpc) is 2.32. The highest BCUT2D eigenvalue weighted by molar-refractivity contribution is 6.31. The highest BCUT2D eigenvalue weighted by atomic mass is 35.5. The van der Waals surface area contributed by atoms with Crippen LogP contribution in [-0.2, 0) is 0 Å². The molecule has 0 spiro atoms. The minimum Gasteiger partial charge on any atom is -0.490 e. The molecule has 0 aromatic heterocycles. The van der Waals surface area contributed by atoms with Gasteiger partial charge in [-0.05, 0) is 26.3 Å². The van der Waals surface area contributed by atoms with E-state index in [1.165, 1.54) is 0 Å². The number of hydrogen-bond acceptors (Lipinski definition) is 3. The summed E-state index contributed by atoms with van der Waals surface area (Å²) in [4.78, 5) is 0. The lowest BCUT2D eigenvalue weighted by molar-refractivity contribution is 0.173. The van der Waals surface area contributed by atoms with E-state index in [-0.39, 0.29) is 0 Å². The Balaban J connectivity index is 3.14. The molecule has 0 aliphatic carbocycles. The van der Waals surface area contributed by atoms with E-state index in [0.717, 1.165) is 0 Å². The Kier molecular flexibility index (Phi) is 5.59. The number of aliphatic hydroxyl groups is 1. The zero-order valence-corrected chi connectivity index (χ0v) is 11.3. The molecule has 0 saturated carbocycles. The standard InChI is InChI=1S/C13H19ClO3/c1-4-11(15)9-7-12(16-5-2)13(17-6-3)8-10(9)14/h7-8,11,15H,4-6H2,1-3H3/t11-/m0/s1. The minimum absolute atomic E-state index is 0.506. The fourth-order valence-corrected chi connectivity index (χ4v) is 1.84. The lowest BCUT2D eigenvalue weighted by Crippen LogP contribution is -2.02. The van der Waals surface area contributed by atoms with Gasteiger partial charge in [0.05, 0.1) is 24.3 Å². The Labute approximate surface area is 107 Å². The molecule has 1 rings (SSSR count). The normalized spacial score (nSPS) is 12.3.